The number of benzene rings is 2. The number of piperazine rings is 1. The van der Waals surface area contributed by atoms with Crippen molar-refractivity contribution in [2.45, 2.75) is 11.8 Å². The van der Waals surface area contributed by atoms with Crippen LogP contribution < -0.4 is 4.74 Å². The molecule has 0 atom stereocenters. The van der Waals surface area contributed by atoms with Gasteiger partial charge in [-0.25, -0.2) is 8.42 Å². The van der Waals surface area contributed by atoms with Crippen LogP contribution in [0.4, 0.5) is 0 Å². The molecule has 0 aliphatic carbocycles. The lowest BCUT2D eigenvalue weighted by Gasteiger charge is -2.33. The van der Waals surface area contributed by atoms with Gasteiger partial charge in [0.1, 0.15) is 5.75 Å². The van der Waals surface area contributed by atoms with Crippen LogP contribution in [-0.2, 0) is 10.0 Å². The number of fused-ring (bicyclic) bond motifs is 1. The molecule has 1 aliphatic rings. The molecule has 2 aromatic carbocycles. The predicted octanol–water partition coefficient (Wildman–Crippen LogP) is 1.54. The molecule has 3 rings (SSSR count). The first-order chi connectivity index (χ1) is 12.0. The number of aliphatic hydroxyl groups excluding tert-OH is 1. The Kier molecular flexibility index (Phi) is 5.58. The van der Waals surface area contributed by atoms with Crippen molar-refractivity contribution >= 4 is 20.8 Å². The van der Waals surface area contributed by atoms with Gasteiger partial charge in [0.05, 0.1) is 18.1 Å². The summed E-state index contributed by atoms with van der Waals surface area (Å²) in [7, 11) is -3.50. The number of aliphatic hydroxyl groups is 1. The molecule has 0 radical (unpaired) electrons. The Bertz CT molecular complexity index is 830. The lowest BCUT2D eigenvalue weighted by molar-refractivity contribution is 0.151. The van der Waals surface area contributed by atoms with Crippen LogP contribution in [0.2, 0.25) is 0 Å². The standard InChI is InChI=1S/C18H24N2O4S/c1-2-24-17-5-3-16-14-18(6-4-15(16)13-17)25(22,23)20-9-7-19(8-10-20)11-12-21/h3-6,13-14,21H,2,7-12H2,1H3. The molecule has 6 nitrogen and oxygen atoms in total. The van der Waals surface area contributed by atoms with Gasteiger partial charge in [-0.15, -0.1) is 0 Å². The summed E-state index contributed by atoms with van der Waals surface area (Å²) in [6.45, 7) is 5.40. The molecule has 1 N–H and O–H groups in total. The third-order valence-electron chi connectivity index (χ3n) is 4.48. The molecule has 0 aromatic heterocycles. The maximum absolute atomic E-state index is 12.9. The topological polar surface area (TPSA) is 70.1 Å². The van der Waals surface area contributed by atoms with Crippen LogP contribution in [0.25, 0.3) is 10.8 Å². The molecule has 0 saturated carbocycles. The van der Waals surface area contributed by atoms with Crippen molar-refractivity contribution in [3.05, 3.63) is 36.4 Å². The Labute approximate surface area is 148 Å². The van der Waals surface area contributed by atoms with E-state index in [1.54, 1.807) is 12.1 Å². The van der Waals surface area contributed by atoms with E-state index in [1.165, 1.54) is 4.31 Å². The second-order valence-corrected chi connectivity index (χ2v) is 8.01. The number of β-amino-alcohol motifs (C(OH)–C–C–N with tert-alkyl or cyclic N) is 1. The zero-order chi connectivity index (χ0) is 17.9. The van der Waals surface area contributed by atoms with Gasteiger partial charge in [-0.2, -0.15) is 4.31 Å². The van der Waals surface area contributed by atoms with E-state index in [0.717, 1.165) is 16.5 Å². The number of ether oxygens (including phenoxy) is 1. The lowest BCUT2D eigenvalue weighted by Crippen LogP contribution is -2.49. The molecule has 1 heterocycles. The van der Waals surface area contributed by atoms with Gasteiger partial charge in [0, 0.05) is 32.7 Å². The molecule has 0 unspecified atom stereocenters. The Hall–Kier alpha value is -1.67. The van der Waals surface area contributed by atoms with Crippen LogP contribution >= 0.6 is 0 Å². The molecule has 136 valence electrons. The Morgan fingerprint density at radius 1 is 1.04 bits per heavy atom. The highest BCUT2D eigenvalue weighted by Gasteiger charge is 2.28. The van der Waals surface area contributed by atoms with Gasteiger partial charge < -0.3 is 9.84 Å². The zero-order valence-electron chi connectivity index (χ0n) is 14.4. The first-order valence-electron chi connectivity index (χ1n) is 8.54. The van der Waals surface area contributed by atoms with E-state index >= 15 is 0 Å². The van der Waals surface area contributed by atoms with Gasteiger partial charge in [0.15, 0.2) is 0 Å². The summed E-state index contributed by atoms with van der Waals surface area (Å²) in [5.41, 5.74) is 0. The van der Waals surface area contributed by atoms with Crippen LogP contribution in [-0.4, -0.2) is 68.7 Å². The quantitative estimate of drug-likeness (QED) is 0.842. The van der Waals surface area contributed by atoms with Crippen molar-refractivity contribution in [3.8, 4) is 5.75 Å². The summed E-state index contributed by atoms with van der Waals surface area (Å²) in [6, 6.07) is 10.9. The number of nitrogens with zero attached hydrogens (tertiary/aromatic N) is 2. The Morgan fingerprint density at radius 2 is 1.72 bits per heavy atom. The van der Waals surface area contributed by atoms with Crippen molar-refractivity contribution in [3.63, 3.8) is 0 Å². The monoisotopic (exact) mass is 364 g/mol. The van der Waals surface area contributed by atoms with Crippen LogP contribution in [0, 0.1) is 0 Å². The fourth-order valence-electron chi connectivity index (χ4n) is 3.10. The fraction of sp³-hybridized carbons (Fsp3) is 0.444. The maximum Gasteiger partial charge on any atom is 0.243 e. The molecule has 25 heavy (non-hydrogen) atoms. The minimum atomic E-state index is -3.50. The average Bonchev–Trinajstić information content (AvgIpc) is 2.62. The third kappa shape index (κ3) is 3.95. The number of hydrogen-bond donors (Lipinski definition) is 1. The van der Waals surface area contributed by atoms with E-state index in [-0.39, 0.29) is 6.61 Å². The number of sulfonamides is 1. The van der Waals surface area contributed by atoms with Crippen molar-refractivity contribution < 1.29 is 18.3 Å². The predicted molar refractivity (Wildman–Crippen MR) is 97.4 cm³/mol. The van der Waals surface area contributed by atoms with Crippen LogP contribution in [0.5, 0.6) is 5.75 Å². The van der Waals surface area contributed by atoms with Crippen molar-refractivity contribution in [2.24, 2.45) is 0 Å². The summed E-state index contributed by atoms with van der Waals surface area (Å²) >= 11 is 0. The molecule has 1 aliphatic heterocycles. The summed E-state index contributed by atoms with van der Waals surface area (Å²) in [4.78, 5) is 2.39. The molecule has 2 aromatic rings. The molecular weight excluding hydrogens is 340 g/mol. The smallest absolute Gasteiger partial charge is 0.243 e. The number of hydrogen-bond acceptors (Lipinski definition) is 5. The average molecular weight is 364 g/mol. The second-order valence-electron chi connectivity index (χ2n) is 6.07. The zero-order valence-corrected chi connectivity index (χ0v) is 15.2. The highest BCUT2D eigenvalue weighted by Crippen LogP contribution is 2.26. The fourth-order valence-corrected chi connectivity index (χ4v) is 4.56. The molecule has 7 heteroatoms. The van der Waals surface area contributed by atoms with Gasteiger partial charge in [-0.1, -0.05) is 12.1 Å². The Morgan fingerprint density at radius 3 is 2.40 bits per heavy atom. The Balaban J connectivity index is 1.81. The van der Waals surface area contributed by atoms with Crippen molar-refractivity contribution in [1.82, 2.24) is 9.21 Å². The van der Waals surface area contributed by atoms with E-state index < -0.39 is 10.0 Å². The van der Waals surface area contributed by atoms with E-state index in [1.807, 2.05) is 31.2 Å². The van der Waals surface area contributed by atoms with Crippen LogP contribution in [0.3, 0.4) is 0 Å². The summed E-state index contributed by atoms with van der Waals surface area (Å²) in [5.74, 6) is 0.783. The molecule has 0 spiro atoms. The minimum absolute atomic E-state index is 0.0984. The van der Waals surface area contributed by atoms with E-state index in [2.05, 4.69) is 4.90 Å². The SMILES string of the molecule is CCOc1ccc2cc(S(=O)(=O)N3CCN(CCO)CC3)ccc2c1. The van der Waals surface area contributed by atoms with E-state index in [4.69, 9.17) is 9.84 Å². The maximum atomic E-state index is 12.9. The molecule has 1 saturated heterocycles. The molecule has 1 fully saturated rings. The van der Waals surface area contributed by atoms with Gasteiger partial charge in [0.25, 0.3) is 0 Å². The number of rotatable bonds is 6. The molecule has 0 amide bonds. The van der Waals surface area contributed by atoms with Gasteiger partial charge in [0.2, 0.25) is 10.0 Å². The van der Waals surface area contributed by atoms with Gasteiger partial charge >= 0.3 is 0 Å². The highest BCUT2D eigenvalue weighted by molar-refractivity contribution is 7.89. The second kappa shape index (κ2) is 7.70. The summed E-state index contributed by atoms with van der Waals surface area (Å²) in [6.07, 6.45) is 0. The normalized spacial score (nSPS) is 17.0. The first-order valence-corrected chi connectivity index (χ1v) is 9.98. The largest absolute Gasteiger partial charge is 0.494 e. The third-order valence-corrected chi connectivity index (χ3v) is 6.37. The van der Waals surface area contributed by atoms with Gasteiger partial charge in [-0.3, -0.25) is 4.90 Å². The van der Waals surface area contributed by atoms with Crippen LogP contribution in [0.15, 0.2) is 41.3 Å². The minimum Gasteiger partial charge on any atom is -0.494 e. The first kappa shape index (κ1) is 18.1. The van der Waals surface area contributed by atoms with E-state index in [0.29, 0.717) is 44.2 Å². The lowest BCUT2D eigenvalue weighted by atomic mass is 10.1. The van der Waals surface area contributed by atoms with E-state index in [9.17, 15) is 8.42 Å². The van der Waals surface area contributed by atoms with Crippen molar-refractivity contribution in [1.29, 1.82) is 0 Å². The van der Waals surface area contributed by atoms with Gasteiger partial charge in [-0.05, 0) is 42.0 Å². The van der Waals surface area contributed by atoms with Crippen molar-refractivity contribution in [2.75, 3.05) is 45.9 Å². The summed E-state index contributed by atoms with van der Waals surface area (Å²) in [5, 5.41) is 10.8. The molecule has 0 bridgehead atoms. The highest BCUT2D eigenvalue weighted by atomic mass is 32.2. The molecular formula is C18H24N2O4S. The summed E-state index contributed by atoms with van der Waals surface area (Å²) < 4.78 is 32.8. The van der Waals surface area contributed by atoms with Crippen LogP contribution in [0.1, 0.15) is 6.92 Å².